The normalized spacial score (nSPS) is 29.7. The highest BCUT2D eigenvalue weighted by atomic mass is 16.5. The molecule has 0 spiro atoms. The van der Waals surface area contributed by atoms with Crippen LogP contribution in [0.15, 0.2) is 0 Å². The lowest BCUT2D eigenvalue weighted by atomic mass is 10.1. The van der Waals surface area contributed by atoms with Crippen molar-refractivity contribution in [1.29, 1.82) is 0 Å². The monoisotopic (exact) mass is 284 g/mol. The lowest BCUT2D eigenvalue weighted by Gasteiger charge is -2.37. The highest BCUT2D eigenvalue weighted by molar-refractivity contribution is 4.79. The molecular weight excluding hydrogens is 252 g/mol. The second-order valence-electron chi connectivity index (χ2n) is 6.27. The van der Waals surface area contributed by atoms with Gasteiger partial charge in [-0.2, -0.15) is 0 Å². The van der Waals surface area contributed by atoms with Gasteiger partial charge in [-0.05, 0) is 45.6 Å². The van der Waals surface area contributed by atoms with Crippen LogP contribution in [0.2, 0.25) is 0 Å². The van der Waals surface area contributed by atoms with Crippen molar-refractivity contribution >= 4 is 0 Å². The molecule has 0 amide bonds. The molecule has 2 rings (SSSR count). The van der Waals surface area contributed by atoms with Crippen LogP contribution in [-0.2, 0) is 9.47 Å². The van der Waals surface area contributed by atoms with Crippen LogP contribution in [0.1, 0.15) is 46.0 Å². The van der Waals surface area contributed by atoms with Gasteiger partial charge in [0.1, 0.15) is 0 Å². The fraction of sp³-hybridized carbons (Fsp3) is 1.00. The van der Waals surface area contributed by atoms with E-state index in [1.807, 2.05) is 0 Å². The lowest BCUT2D eigenvalue weighted by molar-refractivity contribution is -0.0105. The Morgan fingerprint density at radius 2 is 2.25 bits per heavy atom. The van der Waals surface area contributed by atoms with Crippen LogP contribution in [0.25, 0.3) is 0 Å². The molecule has 3 unspecified atom stereocenters. The Hall–Kier alpha value is -0.160. The van der Waals surface area contributed by atoms with Gasteiger partial charge < -0.3 is 14.8 Å². The average molecular weight is 284 g/mol. The number of ether oxygens (including phenoxy) is 2. The standard InChI is InChI=1S/C16H32N2O2/c1-3-9-19-16-6-4-8-18(13-16)14(2)11-17-12-15-7-5-10-20-15/h14-17H,3-13H2,1-2H3. The van der Waals surface area contributed by atoms with E-state index < -0.39 is 0 Å². The van der Waals surface area contributed by atoms with Crippen LogP contribution < -0.4 is 5.32 Å². The summed E-state index contributed by atoms with van der Waals surface area (Å²) in [5.74, 6) is 0. The van der Waals surface area contributed by atoms with Crippen molar-refractivity contribution in [3.63, 3.8) is 0 Å². The summed E-state index contributed by atoms with van der Waals surface area (Å²) in [6, 6.07) is 0.587. The Labute approximate surface area is 124 Å². The van der Waals surface area contributed by atoms with Gasteiger partial charge in [-0.1, -0.05) is 6.92 Å². The summed E-state index contributed by atoms with van der Waals surface area (Å²) in [4.78, 5) is 2.58. The highest BCUT2D eigenvalue weighted by Gasteiger charge is 2.24. The third-order valence-corrected chi connectivity index (χ3v) is 4.43. The number of nitrogens with zero attached hydrogens (tertiary/aromatic N) is 1. The Morgan fingerprint density at radius 3 is 3.00 bits per heavy atom. The number of likely N-dealkylation sites (tertiary alicyclic amines) is 1. The fourth-order valence-electron chi connectivity index (χ4n) is 3.17. The summed E-state index contributed by atoms with van der Waals surface area (Å²) < 4.78 is 11.6. The van der Waals surface area contributed by atoms with Crippen molar-refractivity contribution < 1.29 is 9.47 Å². The molecule has 2 heterocycles. The average Bonchev–Trinajstić information content (AvgIpc) is 2.98. The fourth-order valence-corrected chi connectivity index (χ4v) is 3.17. The highest BCUT2D eigenvalue weighted by Crippen LogP contribution is 2.16. The molecule has 3 atom stereocenters. The molecule has 0 aromatic rings. The van der Waals surface area contributed by atoms with Crippen LogP contribution in [0.3, 0.4) is 0 Å². The summed E-state index contributed by atoms with van der Waals surface area (Å²) in [5.41, 5.74) is 0. The smallest absolute Gasteiger partial charge is 0.0702 e. The molecule has 1 N–H and O–H groups in total. The third-order valence-electron chi connectivity index (χ3n) is 4.43. The number of rotatable bonds is 8. The molecule has 2 fully saturated rings. The van der Waals surface area contributed by atoms with Gasteiger partial charge in [0.25, 0.3) is 0 Å². The maximum absolute atomic E-state index is 5.92. The van der Waals surface area contributed by atoms with Gasteiger partial charge in [-0.15, -0.1) is 0 Å². The van der Waals surface area contributed by atoms with Crippen LogP contribution in [0, 0.1) is 0 Å². The summed E-state index contributed by atoms with van der Waals surface area (Å²) in [7, 11) is 0. The molecule has 20 heavy (non-hydrogen) atoms. The predicted octanol–water partition coefficient (Wildman–Crippen LogP) is 2.03. The summed E-state index contributed by atoms with van der Waals surface area (Å²) >= 11 is 0. The van der Waals surface area contributed by atoms with Gasteiger partial charge in [0, 0.05) is 38.9 Å². The molecule has 0 aromatic carbocycles. The summed E-state index contributed by atoms with van der Waals surface area (Å²) in [5, 5.41) is 3.57. The van der Waals surface area contributed by atoms with E-state index in [1.165, 1.54) is 32.2 Å². The van der Waals surface area contributed by atoms with Crippen molar-refractivity contribution in [2.24, 2.45) is 0 Å². The molecule has 0 aliphatic carbocycles. The maximum atomic E-state index is 5.92. The van der Waals surface area contributed by atoms with E-state index in [0.29, 0.717) is 18.2 Å². The van der Waals surface area contributed by atoms with Crippen molar-refractivity contribution in [2.75, 3.05) is 39.4 Å². The Bertz CT molecular complexity index is 257. The minimum atomic E-state index is 0.448. The topological polar surface area (TPSA) is 33.7 Å². The summed E-state index contributed by atoms with van der Waals surface area (Å²) in [6.07, 6.45) is 6.96. The molecular formula is C16H32N2O2. The second-order valence-corrected chi connectivity index (χ2v) is 6.27. The second kappa shape index (κ2) is 8.98. The van der Waals surface area contributed by atoms with E-state index in [0.717, 1.165) is 39.3 Å². The number of piperidine rings is 1. The molecule has 0 radical (unpaired) electrons. The zero-order chi connectivity index (χ0) is 14.2. The first-order chi connectivity index (χ1) is 9.79. The van der Waals surface area contributed by atoms with E-state index in [2.05, 4.69) is 24.1 Å². The molecule has 2 aliphatic rings. The minimum Gasteiger partial charge on any atom is -0.377 e. The first kappa shape index (κ1) is 16.2. The Balaban J connectivity index is 1.61. The van der Waals surface area contributed by atoms with Crippen molar-refractivity contribution in [2.45, 2.75) is 64.2 Å². The summed E-state index contributed by atoms with van der Waals surface area (Å²) in [6.45, 7) is 10.7. The van der Waals surface area contributed by atoms with E-state index in [9.17, 15) is 0 Å². The van der Waals surface area contributed by atoms with Crippen LogP contribution in [-0.4, -0.2) is 62.5 Å². The first-order valence-corrected chi connectivity index (χ1v) is 8.47. The van der Waals surface area contributed by atoms with Gasteiger partial charge in [0.05, 0.1) is 12.2 Å². The molecule has 0 bridgehead atoms. The number of hydrogen-bond acceptors (Lipinski definition) is 4. The zero-order valence-corrected chi connectivity index (χ0v) is 13.3. The minimum absolute atomic E-state index is 0.448. The largest absolute Gasteiger partial charge is 0.377 e. The molecule has 0 aromatic heterocycles. The zero-order valence-electron chi connectivity index (χ0n) is 13.3. The van der Waals surface area contributed by atoms with Gasteiger partial charge in [-0.3, -0.25) is 4.90 Å². The van der Waals surface area contributed by atoms with Crippen molar-refractivity contribution in [3.05, 3.63) is 0 Å². The molecule has 4 heteroatoms. The molecule has 118 valence electrons. The van der Waals surface area contributed by atoms with E-state index >= 15 is 0 Å². The number of nitrogens with one attached hydrogen (secondary N) is 1. The van der Waals surface area contributed by atoms with Gasteiger partial charge >= 0.3 is 0 Å². The number of hydrogen-bond donors (Lipinski definition) is 1. The molecule has 0 saturated carbocycles. The lowest BCUT2D eigenvalue weighted by Crippen LogP contribution is -2.48. The first-order valence-electron chi connectivity index (χ1n) is 8.47. The van der Waals surface area contributed by atoms with Gasteiger partial charge in [0.2, 0.25) is 0 Å². The van der Waals surface area contributed by atoms with E-state index in [4.69, 9.17) is 9.47 Å². The SMILES string of the molecule is CCCOC1CCCN(C(C)CNCC2CCCO2)C1. The van der Waals surface area contributed by atoms with E-state index in [1.54, 1.807) is 0 Å². The third kappa shape index (κ3) is 5.32. The van der Waals surface area contributed by atoms with Crippen molar-refractivity contribution in [3.8, 4) is 0 Å². The van der Waals surface area contributed by atoms with Crippen LogP contribution in [0.4, 0.5) is 0 Å². The Kier molecular flexibility index (Phi) is 7.28. The Morgan fingerprint density at radius 1 is 1.35 bits per heavy atom. The van der Waals surface area contributed by atoms with Crippen molar-refractivity contribution in [1.82, 2.24) is 10.2 Å². The molecule has 4 nitrogen and oxygen atoms in total. The van der Waals surface area contributed by atoms with Gasteiger partial charge in [-0.25, -0.2) is 0 Å². The van der Waals surface area contributed by atoms with Crippen LogP contribution in [0.5, 0.6) is 0 Å². The maximum Gasteiger partial charge on any atom is 0.0702 e. The van der Waals surface area contributed by atoms with Gasteiger partial charge in [0.15, 0.2) is 0 Å². The quantitative estimate of drug-likeness (QED) is 0.739. The van der Waals surface area contributed by atoms with Crippen LogP contribution >= 0.6 is 0 Å². The predicted molar refractivity (Wildman–Crippen MR) is 82.1 cm³/mol. The molecule has 2 saturated heterocycles. The molecule has 2 aliphatic heterocycles. The van der Waals surface area contributed by atoms with E-state index in [-0.39, 0.29) is 0 Å².